The normalized spacial score (nSPS) is 11.4. The van der Waals surface area contributed by atoms with Gasteiger partial charge in [-0.25, -0.2) is 15.0 Å². The average Bonchev–Trinajstić information content (AvgIpc) is 2.53. The van der Waals surface area contributed by atoms with E-state index >= 15 is 0 Å². The van der Waals surface area contributed by atoms with Gasteiger partial charge in [-0.3, -0.25) is 0 Å². The molecular weight excluding hydrogens is 164 g/mol. The number of hydrogen-bond acceptors (Lipinski definition) is 3. The molecule has 2 aliphatic rings. The number of imidazole rings is 1. The first-order valence-electron chi connectivity index (χ1n) is 4.34. The molecule has 2 heterocycles. The molecule has 0 fully saturated rings. The summed E-state index contributed by atoms with van der Waals surface area (Å²) >= 11 is 0. The second-order valence-corrected chi connectivity index (χ2v) is 3.38. The molecule has 0 unspecified atom stereocenters. The van der Waals surface area contributed by atoms with Gasteiger partial charge >= 0.3 is 0 Å². The van der Waals surface area contributed by atoms with Crippen LogP contribution in [0, 0.1) is 6.92 Å². The van der Waals surface area contributed by atoms with E-state index in [9.17, 15) is 0 Å². The Morgan fingerprint density at radius 3 is 2.69 bits per heavy atom. The zero-order chi connectivity index (χ0) is 9.42. The van der Waals surface area contributed by atoms with Gasteiger partial charge in [-0.1, -0.05) is 0 Å². The Bertz CT molecular complexity index is 391. The van der Waals surface area contributed by atoms with E-state index in [1.54, 1.807) is 6.33 Å². The molecule has 0 aromatic heterocycles. The van der Waals surface area contributed by atoms with Crippen molar-refractivity contribution in [2.45, 2.75) is 26.8 Å². The molecule has 13 heavy (non-hydrogen) atoms. The second-order valence-electron chi connectivity index (χ2n) is 3.38. The van der Waals surface area contributed by atoms with Crippen molar-refractivity contribution < 1.29 is 0 Å². The molecule has 0 saturated heterocycles. The molecule has 0 saturated carbocycles. The van der Waals surface area contributed by atoms with Gasteiger partial charge in [0.1, 0.15) is 12.0 Å². The van der Waals surface area contributed by atoms with Crippen molar-refractivity contribution in [2.75, 3.05) is 0 Å². The highest BCUT2D eigenvalue weighted by Gasteiger charge is 2.14. The van der Waals surface area contributed by atoms with Gasteiger partial charge in [-0.05, 0) is 20.8 Å². The van der Waals surface area contributed by atoms with Crippen molar-refractivity contribution in [3.05, 3.63) is 18.3 Å². The first-order chi connectivity index (χ1) is 6.20. The van der Waals surface area contributed by atoms with E-state index in [-0.39, 0.29) is 0 Å². The maximum Gasteiger partial charge on any atom is 0.163 e. The van der Waals surface area contributed by atoms with Crippen LogP contribution < -0.4 is 0 Å². The number of aromatic nitrogens is 4. The topological polar surface area (TPSA) is 43.6 Å². The van der Waals surface area contributed by atoms with Gasteiger partial charge in [0, 0.05) is 6.04 Å². The Labute approximate surface area is 77.0 Å². The number of hydrogen-bond donors (Lipinski definition) is 0. The predicted molar refractivity (Wildman–Crippen MR) is 49.6 cm³/mol. The monoisotopic (exact) mass is 176 g/mol. The zero-order valence-electron chi connectivity index (χ0n) is 8.02. The lowest BCUT2D eigenvalue weighted by Crippen LogP contribution is -2.08. The van der Waals surface area contributed by atoms with Crippen LogP contribution in [0.3, 0.4) is 0 Å². The fourth-order valence-electron chi connectivity index (χ4n) is 1.35. The minimum absolute atomic E-state index is 0.368. The maximum absolute atomic E-state index is 4.26. The third-order valence-corrected chi connectivity index (χ3v) is 2.10. The van der Waals surface area contributed by atoms with Gasteiger partial charge in [-0.15, -0.1) is 0 Å². The molecule has 0 aromatic rings. The van der Waals surface area contributed by atoms with Crippen molar-refractivity contribution in [2.24, 2.45) is 0 Å². The Balaban J connectivity index is 2.68. The standard InChI is InChI=1S/C9H12N4/c1-6(2)13-5-12-7(3)8-9(13)11-4-10-8/h4-6H,1-3H3. The summed E-state index contributed by atoms with van der Waals surface area (Å²) in [7, 11) is 0. The van der Waals surface area contributed by atoms with E-state index in [2.05, 4.69) is 28.8 Å². The third-order valence-electron chi connectivity index (χ3n) is 2.10. The summed E-state index contributed by atoms with van der Waals surface area (Å²) in [6, 6.07) is 0.368. The molecule has 0 amide bonds. The molecule has 0 atom stereocenters. The molecule has 0 N–H and O–H groups in total. The van der Waals surface area contributed by atoms with Crippen LogP contribution >= 0.6 is 0 Å². The Morgan fingerprint density at radius 2 is 2.00 bits per heavy atom. The molecule has 0 spiro atoms. The van der Waals surface area contributed by atoms with Crippen LogP contribution in [-0.2, 0) is 0 Å². The van der Waals surface area contributed by atoms with Crippen LogP contribution in [0.1, 0.15) is 25.6 Å². The average molecular weight is 176 g/mol. The largest absolute Gasteiger partial charge is 0.313 e. The smallest absolute Gasteiger partial charge is 0.163 e. The van der Waals surface area contributed by atoms with Crippen molar-refractivity contribution in [1.82, 2.24) is 19.5 Å². The lowest BCUT2D eigenvalue weighted by molar-refractivity contribution is 0.583. The fourth-order valence-corrected chi connectivity index (χ4v) is 1.35. The Kier molecular flexibility index (Phi) is 1.76. The van der Waals surface area contributed by atoms with Crippen LogP contribution in [0.25, 0.3) is 11.5 Å². The molecule has 68 valence electrons. The lowest BCUT2D eigenvalue weighted by atomic mass is 10.3. The van der Waals surface area contributed by atoms with Crippen molar-refractivity contribution in [1.29, 1.82) is 0 Å². The second kappa shape index (κ2) is 2.80. The first-order valence-corrected chi connectivity index (χ1v) is 4.34. The summed E-state index contributed by atoms with van der Waals surface area (Å²) in [6.45, 7) is 6.15. The highest BCUT2D eigenvalue weighted by Crippen LogP contribution is 2.21. The summed E-state index contributed by atoms with van der Waals surface area (Å²) in [5, 5.41) is 0. The highest BCUT2D eigenvalue weighted by molar-refractivity contribution is 5.53. The number of fused-ring (bicyclic) bond motifs is 1. The molecular formula is C9H12N4. The van der Waals surface area contributed by atoms with Gasteiger partial charge in [0.15, 0.2) is 5.82 Å². The maximum atomic E-state index is 4.26. The lowest BCUT2D eigenvalue weighted by Gasteiger charge is -2.14. The van der Waals surface area contributed by atoms with Crippen LogP contribution in [0.5, 0.6) is 0 Å². The van der Waals surface area contributed by atoms with Crippen LogP contribution in [0.15, 0.2) is 12.7 Å². The van der Waals surface area contributed by atoms with Gasteiger partial charge in [0.2, 0.25) is 0 Å². The molecule has 2 rings (SSSR count). The van der Waals surface area contributed by atoms with Gasteiger partial charge in [0.25, 0.3) is 0 Å². The number of rotatable bonds is 1. The summed E-state index contributed by atoms with van der Waals surface area (Å²) in [5.74, 6) is 0.919. The Hall–Kier alpha value is -1.45. The van der Waals surface area contributed by atoms with Crippen LogP contribution in [-0.4, -0.2) is 19.5 Å². The fraction of sp³-hybridized carbons (Fsp3) is 0.444. The van der Waals surface area contributed by atoms with Crippen LogP contribution in [0.4, 0.5) is 0 Å². The van der Waals surface area contributed by atoms with Crippen molar-refractivity contribution in [3.8, 4) is 11.5 Å². The van der Waals surface area contributed by atoms with E-state index in [1.165, 1.54) is 0 Å². The summed E-state index contributed by atoms with van der Waals surface area (Å²) in [4.78, 5) is 12.6. The quantitative estimate of drug-likeness (QED) is 0.663. The third kappa shape index (κ3) is 1.18. The SMILES string of the molecule is Cc1ncn(C(C)C)c2ncnc1-2. The minimum Gasteiger partial charge on any atom is -0.313 e. The molecule has 0 aromatic carbocycles. The van der Waals surface area contributed by atoms with Gasteiger partial charge < -0.3 is 4.57 Å². The zero-order valence-corrected chi connectivity index (χ0v) is 8.02. The van der Waals surface area contributed by atoms with E-state index in [0.29, 0.717) is 6.04 Å². The molecule has 0 radical (unpaired) electrons. The van der Waals surface area contributed by atoms with Crippen molar-refractivity contribution in [3.63, 3.8) is 0 Å². The van der Waals surface area contributed by atoms with Gasteiger partial charge in [0.05, 0.1) is 12.0 Å². The van der Waals surface area contributed by atoms with Crippen LogP contribution in [0.2, 0.25) is 0 Å². The van der Waals surface area contributed by atoms with E-state index < -0.39 is 0 Å². The highest BCUT2D eigenvalue weighted by atomic mass is 15.1. The number of nitrogens with zero attached hydrogens (tertiary/aromatic N) is 4. The Morgan fingerprint density at radius 1 is 1.23 bits per heavy atom. The molecule has 4 heteroatoms. The predicted octanol–water partition coefficient (Wildman–Crippen LogP) is 1.67. The van der Waals surface area contributed by atoms with Crippen molar-refractivity contribution >= 4 is 0 Å². The molecule has 0 bridgehead atoms. The van der Waals surface area contributed by atoms with E-state index in [4.69, 9.17) is 0 Å². The molecule has 0 aliphatic carbocycles. The molecule has 4 nitrogen and oxygen atoms in total. The van der Waals surface area contributed by atoms with E-state index in [1.807, 2.05) is 17.8 Å². The minimum atomic E-state index is 0.368. The summed E-state index contributed by atoms with van der Waals surface area (Å²) in [6.07, 6.45) is 3.40. The summed E-state index contributed by atoms with van der Waals surface area (Å²) < 4.78 is 2.02. The first kappa shape index (κ1) is 8.16. The summed E-state index contributed by atoms with van der Waals surface area (Å²) in [5.41, 5.74) is 1.83. The van der Waals surface area contributed by atoms with Gasteiger partial charge in [-0.2, -0.15) is 0 Å². The van der Waals surface area contributed by atoms with E-state index in [0.717, 1.165) is 17.2 Å². The molecule has 2 aliphatic heterocycles. The number of aryl methyl sites for hydroxylation is 1.